The van der Waals surface area contributed by atoms with Gasteiger partial charge in [0.05, 0.1) is 11.1 Å². The molecule has 1 aromatic heterocycles. The van der Waals surface area contributed by atoms with Crippen LogP contribution in [0, 0.1) is 6.92 Å². The van der Waals surface area contributed by atoms with Crippen molar-refractivity contribution in [2.45, 2.75) is 25.2 Å². The van der Waals surface area contributed by atoms with Crippen molar-refractivity contribution in [3.8, 4) is 0 Å². The summed E-state index contributed by atoms with van der Waals surface area (Å²) >= 11 is 0. The number of likely N-dealkylation sites (tertiary alicyclic amines) is 1. The van der Waals surface area contributed by atoms with Gasteiger partial charge in [-0.25, -0.2) is 4.98 Å². The average molecular weight is 314 g/mol. The molecule has 3 rings (SSSR count). The predicted molar refractivity (Wildman–Crippen MR) is 82.1 cm³/mol. The van der Waals surface area contributed by atoms with Crippen molar-refractivity contribution in [3.05, 3.63) is 53.7 Å². The smallest absolute Gasteiger partial charge is 0.314 e. The van der Waals surface area contributed by atoms with Gasteiger partial charge in [0.25, 0.3) is 5.91 Å². The van der Waals surface area contributed by atoms with Gasteiger partial charge in [0.15, 0.2) is 6.39 Å². The summed E-state index contributed by atoms with van der Waals surface area (Å²) in [6, 6.07) is 9.23. The standard InChI is InChI=1S/C17H18N2O4/c1-12-14(23-11-18-12)15(20)19-9-7-17(8-10-19,16(21)22)13-5-3-2-4-6-13/h2-6,11H,7-10H2,1H3,(H,21,22). The number of carboxylic acid groups (broad SMARTS) is 1. The van der Waals surface area contributed by atoms with Crippen molar-refractivity contribution in [1.82, 2.24) is 9.88 Å². The molecule has 0 unspecified atom stereocenters. The zero-order valence-corrected chi connectivity index (χ0v) is 12.9. The van der Waals surface area contributed by atoms with Gasteiger partial charge in [-0.1, -0.05) is 30.3 Å². The SMILES string of the molecule is Cc1ncoc1C(=O)N1CCC(C(=O)O)(c2ccccc2)CC1. The number of rotatable bonds is 3. The van der Waals surface area contributed by atoms with Crippen molar-refractivity contribution >= 4 is 11.9 Å². The van der Waals surface area contributed by atoms with Crippen molar-refractivity contribution in [2.24, 2.45) is 0 Å². The van der Waals surface area contributed by atoms with E-state index in [0.29, 0.717) is 31.6 Å². The van der Waals surface area contributed by atoms with Crippen LogP contribution in [0.1, 0.15) is 34.7 Å². The highest BCUT2D eigenvalue weighted by molar-refractivity contribution is 5.92. The number of carboxylic acids is 1. The van der Waals surface area contributed by atoms with Crippen LogP contribution >= 0.6 is 0 Å². The highest BCUT2D eigenvalue weighted by Gasteiger charge is 2.44. The van der Waals surface area contributed by atoms with Crippen LogP contribution in [0.25, 0.3) is 0 Å². The summed E-state index contributed by atoms with van der Waals surface area (Å²) in [4.78, 5) is 29.9. The number of aliphatic carboxylic acids is 1. The minimum atomic E-state index is -0.936. The number of carbonyl (C=O) groups excluding carboxylic acids is 1. The first kappa shape index (κ1) is 15.3. The molecule has 6 heteroatoms. The lowest BCUT2D eigenvalue weighted by Gasteiger charge is -2.39. The van der Waals surface area contributed by atoms with Crippen LogP contribution in [0.2, 0.25) is 0 Å². The molecule has 0 radical (unpaired) electrons. The number of piperidine rings is 1. The molecule has 0 aliphatic carbocycles. The molecular weight excluding hydrogens is 296 g/mol. The first-order chi connectivity index (χ1) is 11.0. The van der Waals surface area contributed by atoms with Crippen LogP contribution in [0.4, 0.5) is 0 Å². The third kappa shape index (κ3) is 2.60. The topological polar surface area (TPSA) is 83.6 Å². The van der Waals surface area contributed by atoms with Crippen molar-refractivity contribution < 1.29 is 19.1 Å². The number of aromatic nitrogens is 1. The molecule has 1 N–H and O–H groups in total. The van der Waals surface area contributed by atoms with Crippen molar-refractivity contribution in [2.75, 3.05) is 13.1 Å². The lowest BCUT2D eigenvalue weighted by atomic mass is 9.73. The maximum atomic E-state index is 12.4. The summed E-state index contributed by atoms with van der Waals surface area (Å²) in [5.41, 5.74) is 0.401. The van der Waals surface area contributed by atoms with Gasteiger partial charge in [0, 0.05) is 13.1 Å². The molecule has 0 bridgehead atoms. The lowest BCUT2D eigenvalue weighted by Crippen LogP contribution is -2.49. The van der Waals surface area contributed by atoms with E-state index in [-0.39, 0.29) is 11.7 Å². The number of amides is 1. The maximum absolute atomic E-state index is 12.4. The summed E-state index contributed by atoms with van der Waals surface area (Å²) in [6.45, 7) is 2.46. The molecule has 1 aromatic carbocycles. The molecule has 0 saturated carbocycles. The maximum Gasteiger partial charge on any atom is 0.314 e. The summed E-state index contributed by atoms with van der Waals surface area (Å²) in [7, 11) is 0. The van der Waals surface area contributed by atoms with Crippen molar-refractivity contribution in [1.29, 1.82) is 0 Å². The Labute approximate surface area is 133 Å². The number of oxazole rings is 1. The van der Waals surface area contributed by atoms with E-state index >= 15 is 0 Å². The highest BCUT2D eigenvalue weighted by Crippen LogP contribution is 2.36. The third-order valence-electron chi connectivity index (χ3n) is 4.58. The molecule has 0 atom stereocenters. The van der Waals surface area contributed by atoms with Gasteiger partial charge in [0.1, 0.15) is 0 Å². The molecule has 2 aromatic rings. The molecule has 1 aliphatic rings. The van der Waals surface area contributed by atoms with E-state index in [1.807, 2.05) is 30.3 Å². The van der Waals surface area contributed by atoms with E-state index in [9.17, 15) is 14.7 Å². The molecule has 1 saturated heterocycles. The second kappa shape index (κ2) is 5.87. The van der Waals surface area contributed by atoms with Gasteiger partial charge in [-0.3, -0.25) is 9.59 Å². The number of nitrogens with zero attached hydrogens (tertiary/aromatic N) is 2. The molecule has 6 nitrogen and oxygen atoms in total. The summed E-state index contributed by atoms with van der Waals surface area (Å²) in [5.74, 6) is -0.841. The summed E-state index contributed by atoms with van der Waals surface area (Å²) in [5, 5.41) is 9.76. The number of carbonyl (C=O) groups is 2. The first-order valence-electron chi connectivity index (χ1n) is 7.53. The van der Waals surface area contributed by atoms with E-state index in [4.69, 9.17) is 4.42 Å². The Bertz CT molecular complexity index is 715. The number of benzene rings is 1. The van der Waals surface area contributed by atoms with E-state index < -0.39 is 11.4 Å². The van der Waals surface area contributed by atoms with Crippen molar-refractivity contribution in [3.63, 3.8) is 0 Å². The van der Waals surface area contributed by atoms with Crippen LogP contribution in [0.5, 0.6) is 0 Å². The van der Waals surface area contributed by atoms with Crippen LogP contribution in [0.15, 0.2) is 41.1 Å². The summed E-state index contributed by atoms with van der Waals surface area (Å²) in [6.07, 6.45) is 2.01. The van der Waals surface area contributed by atoms with E-state index in [2.05, 4.69) is 4.98 Å². The molecule has 0 spiro atoms. The van der Waals surface area contributed by atoms with E-state index in [1.165, 1.54) is 6.39 Å². The second-order valence-electron chi connectivity index (χ2n) is 5.81. The van der Waals surface area contributed by atoms with Gasteiger partial charge in [0.2, 0.25) is 5.76 Å². The molecule has 2 heterocycles. The highest BCUT2D eigenvalue weighted by atomic mass is 16.4. The van der Waals surface area contributed by atoms with Crippen LogP contribution < -0.4 is 0 Å². The Balaban J connectivity index is 1.80. The number of aryl methyl sites for hydroxylation is 1. The molecule has 23 heavy (non-hydrogen) atoms. The van der Waals surface area contributed by atoms with Gasteiger partial charge >= 0.3 is 5.97 Å². The molecule has 1 aliphatic heterocycles. The van der Waals surface area contributed by atoms with E-state index in [0.717, 1.165) is 5.56 Å². The van der Waals surface area contributed by atoms with Gasteiger partial charge < -0.3 is 14.4 Å². The number of hydrogen-bond acceptors (Lipinski definition) is 4. The average Bonchev–Trinajstić information content (AvgIpc) is 3.01. The zero-order chi connectivity index (χ0) is 16.4. The third-order valence-corrected chi connectivity index (χ3v) is 4.58. The fraction of sp³-hybridized carbons (Fsp3) is 0.353. The minimum absolute atomic E-state index is 0.229. The minimum Gasteiger partial charge on any atom is -0.481 e. The quantitative estimate of drug-likeness (QED) is 0.939. The fourth-order valence-electron chi connectivity index (χ4n) is 3.13. The fourth-order valence-corrected chi connectivity index (χ4v) is 3.13. The van der Waals surface area contributed by atoms with Gasteiger partial charge in [-0.2, -0.15) is 0 Å². The Kier molecular flexibility index (Phi) is 3.90. The summed E-state index contributed by atoms with van der Waals surface area (Å²) < 4.78 is 5.14. The molecule has 1 fully saturated rings. The number of hydrogen-bond donors (Lipinski definition) is 1. The Hall–Kier alpha value is -2.63. The lowest BCUT2D eigenvalue weighted by molar-refractivity contribution is -0.145. The van der Waals surface area contributed by atoms with Gasteiger partial charge in [-0.15, -0.1) is 0 Å². The van der Waals surface area contributed by atoms with Crippen LogP contribution in [-0.4, -0.2) is 40.0 Å². The van der Waals surface area contributed by atoms with Crippen LogP contribution in [-0.2, 0) is 10.2 Å². The normalized spacial score (nSPS) is 17.0. The Morgan fingerprint density at radius 1 is 1.22 bits per heavy atom. The zero-order valence-electron chi connectivity index (χ0n) is 12.9. The van der Waals surface area contributed by atoms with Crippen LogP contribution in [0.3, 0.4) is 0 Å². The Morgan fingerprint density at radius 2 is 1.87 bits per heavy atom. The first-order valence-corrected chi connectivity index (χ1v) is 7.53. The molecular formula is C17H18N2O4. The predicted octanol–water partition coefficient (Wildman–Crippen LogP) is 2.24. The van der Waals surface area contributed by atoms with Gasteiger partial charge in [-0.05, 0) is 25.3 Å². The molecule has 1 amide bonds. The monoisotopic (exact) mass is 314 g/mol. The van der Waals surface area contributed by atoms with E-state index in [1.54, 1.807) is 11.8 Å². The molecule has 120 valence electrons. The second-order valence-corrected chi connectivity index (χ2v) is 5.81. The largest absolute Gasteiger partial charge is 0.481 e. The Morgan fingerprint density at radius 3 is 2.39 bits per heavy atom.